The van der Waals surface area contributed by atoms with Crippen molar-refractivity contribution in [2.24, 2.45) is 0 Å². The minimum Gasteiger partial charge on any atom is -0.467 e. The van der Waals surface area contributed by atoms with Crippen LogP contribution in [0.5, 0.6) is 0 Å². The lowest BCUT2D eigenvalue weighted by Crippen LogP contribution is -2.15. The second-order valence-corrected chi connectivity index (χ2v) is 3.46. The molecule has 1 atom stereocenters. The van der Waals surface area contributed by atoms with Gasteiger partial charge < -0.3 is 9.84 Å². The molecule has 0 radical (unpaired) electrons. The van der Waals surface area contributed by atoms with E-state index in [0.29, 0.717) is 5.56 Å². The van der Waals surface area contributed by atoms with Gasteiger partial charge in [-0.1, -0.05) is 11.6 Å². The highest BCUT2D eigenvalue weighted by Gasteiger charge is 2.22. The molecule has 0 spiro atoms. The Balaban J connectivity index is 3.14. The number of methoxy groups -OCH3 is 1. The van der Waals surface area contributed by atoms with E-state index < -0.39 is 17.9 Å². The summed E-state index contributed by atoms with van der Waals surface area (Å²) in [6.45, 7) is 1.62. The van der Waals surface area contributed by atoms with Crippen LogP contribution in [-0.2, 0) is 9.53 Å². The van der Waals surface area contributed by atoms with Gasteiger partial charge in [0.05, 0.1) is 7.11 Å². The van der Waals surface area contributed by atoms with E-state index in [0.717, 1.165) is 13.2 Å². The van der Waals surface area contributed by atoms with E-state index in [1.807, 2.05) is 0 Å². The van der Waals surface area contributed by atoms with Crippen molar-refractivity contribution in [1.29, 1.82) is 0 Å². The van der Waals surface area contributed by atoms with E-state index in [1.165, 1.54) is 6.07 Å². The monoisotopic (exact) mass is 232 g/mol. The molecular formula is C10H10ClFO3. The topological polar surface area (TPSA) is 46.5 Å². The molecule has 1 rings (SSSR count). The first-order valence-electron chi connectivity index (χ1n) is 4.18. The number of aliphatic hydroxyl groups is 1. The molecule has 0 aromatic heterocycles. The molecule has 1 unspecified atom stereocenters. The fourth-order valence-electron chi connectivity index (χ4n) is 1.11. The Morgan fingerprint density at radius 1 is 1.60 bits per heavy atom. The minimum atomic E-state index is -1.65. The summed E-state index contributed by atoms with van der Waals surface area (Å²) in [4.78, 5) is 11.0. The van der Waals surface area contributed by atoms with Crippen LogP contribution in [0, 0.1) is 12.7 Å². The molecule has 0 heterocycles. The van der Waals surface area contributed by atoms with Gasteiger partial charge in [0.2, 0.25) is 0 Å². The average molecular weight is 233 g/mol. The van der Waals surface area contributed by atoms with Crippen LogP contribution in [0.15, 0.2) is 12.1 Å². The van der Waals surface area contributed by atoms with Gasteiger partial charge in [-0.25, -0.2) is 9.18 Å². The van der Waals surface area contributed by atoms with Crippen LogP contribution >= 0.6 is 11.6 Å². The summed E-state index contributed by atoms with van der Waals surface area (Å²) >= 11 is 5.75. The molecule has 5 heteroatoms. The van der Waals surface area contributed by atoms with Crippen LogP contribution in [0.3, 0.4) is 0 Å². The van der Waals surface area contributed by atoms with Crippen molar-refractivity contribution in [2.45, 2.75) is 13.0 Å². The first kappa shape index (κ1) is 11.9. The van der Waals surface area contributed by atoms with E-state index in [4.69, 9.17) is 11.6 Å². The highest BCUT2D eigenvalue weighted by molar-refractivity contribution is 6.31. The van der Waals surface area contributed by atoms with Crippen molar-refractivity contribution < 1.29 is 19.0 Å². The lowest BCUT2D eigenvalue weighted by atomic mass is 10.1. The van der Waals surface area contributed by atoms with Crippen LogP contribution in [-0.4, -0.2) is 18.2 Å². The number of benzene rings is 1. The summed E-state index contributed by atoms with van der Waals surface area (Å²) in [5, 5.41) is 9.70. The zero-order valence-electron chi connectivity index (χ0n) is 8.25. The molecule has 1 N–H and O–H groups in total. The van der Waals surface area contributed by atoms with E-state index in [9.17, 15) is 14.3 Å². The predicted octanol–water partition coefficient (Wildman–Crippen LogP) is 1.99. The summed E-state index contributed by atoms with van der Waals surface area (Å²) in [6, 6.07) is 2.37. The largest absolute Gasteiger partial charge is 0.467 e. The second-order valence-electron chi connectivity index (χ2n) is 3.05. The number of carbonyl (C=O) groups excluding carboxylic acids is 1. The second kappa shape index (κ2) is 4.59. The lowest BCUT2D eigenvalue weighted by molar-refractivity contribution is -0.150. The Morgan fingerprint density at radius 2 is 2.20 bits per heavy atom. The molecule has 15 heavy (non-hydrogen) atoms. The molecule has 0 amide bonds. The van der Waals surface area contributed by atoms with Crippen molar-refractivity contribution in [3.05, 3.63) is 34.1 Å². The third-order valence-corrected chi connectivity index (χ3v) is 2.40. The summed E-state index contributed by atoms with van der Waals surface area (Å²) in [5.74, 6) is -1.61. The molecule has 82 valence electrons. The molecule has 0 saturated heterocycles. The quantitative estimate of drug-likeness (QED) is 0.794. The third-order valence-electron chi connectivity index (χ3n) is 2.00. The molecule has 3 nitrogen and oxygen atoms in total. The number of ether oxygens (including phenoxy) is 1. The highest BCUT2D eigenvalue weighted by Crippen LogP contribution is 2.25. The van der Waals surface area contributed by atoms with E-state index in [1.54, 1.807) is 6.92 Å². The lowest BCUT2D eigenvalue weighted by Gasteiger charge is -2.11. The fraction of sp³-hybridized carbons (Fsp3) is 0.300. The van der Waals surface area contributed by atoms with E-state index >= 15 is 0 Å². The molecule has 0 fully saturated rings. The third kappa shape index (κ3) is 2.46. The minimum absolute atomic E-state index is 0.183. The number of hydrogen-bond acceptors (Lipinski definition) is 3. The Kier molecular flexibility index (Phi) is 3.66. The van der Waals surface area contributed by atoms with Gasteiger partial charge in [-0.3, -0.25) is 0 Å². The smallest absolute Gasteiger partial charge is 0.339 e. The number of hydrogen-bond donors (Lipinski definition) is 1. The molecule has 0 saturated carbocycles. The first-order chi connectivity index (χ1) is 6.97. The fourth-order valence-corrected chi connectivity index (χ4v) is 1.28. The SMILES string of the molecule is COC(=O)C(O)c1cc(Cl)c(C)cc1F. The summed E-state index contributed by atoms with van der Waals surface area (Å²) in [5.41, 5.74) is 0.354. The van der Waals surface area contributed by atoms with Crippen molar-refractivity contribution in [1.82, 2.24) is 0 Å². The Bertz CT molecular complexity index is 392. The van der Waals surface area contributed by atoms with Crippen LogP contribution in [0.1, 0.15) is 17.2 Å². The van der Waals surface area contributed by atoms with Gasteiger partial charge in [0.1, 0.15) is 5.82 Å². The zero-order chi connectivity index (χ0) is 11.6. The number of esters is 1. The molecule has 1 aromatic carbocycles. The van der Waals surface area contributed by atoms with Crippen molar-refractivity contribution in [2.75, 3.05) is 7.11 Å². The average Bonchev–Trinajstić information content (AvgIpc) is 2.21. The van der Waals surface area contributed by atoms with Gasteiger partial charge in [-0.15, -0.1) is 0 Å². The summed E-state index contributed by atoms with van der Waals surface area (Å²) in [7, 11) is 1.11. The van der Waals surface area contributed by atoms with Gasteiger partial charge in [-0.2, -0.15) is 0 Å². The van der Waals surface area contributed by atoms with Gasteiger partial charge in [0, 0.05) is 10.6 Å². The maximum atomic E-state index is 13.4. The number of aryl methyl sites for hydroxylation is 1. The van der Waals surface area contributed by atoms with Crippen molar-refractivity contribution in [3.8, 4) is 0 Å². The first-order valence-corrected chi connectivity index (χ1v) is 4.56. The molecule has 1 aromatic rings. The summed E-state index contributed by atoms with van der Waals surface area (Å²) < 4.78 is 17.6. The molecule has 0 bridgehead atoms. The van der Waals surface area contributed by atoms with Crippen molar-refractivity contribution in [3.63, 3.8) is 0 Å². The molecular weight excluding hydrogens is 223 g/mol. The molecule has 0 aliphatic carbocycles. The van der Waals surface area contributed by atoms with E-state index in [2.05, 4.69) is 4.74 Å². The standard InChI is InChI=1S/C10H10ClFO3/c1-5-3-8(12)6(4-7(5)11)9(13)10(14)15-2/h3-4,9,13H,1-2H3. The molecule has 0 aliphatic heterocycles. The van der Waals surface area contributed by atoms with Crippen LogP contribution in [0.2, 0.25) is 5.02 Å². The van der Waals surface area contributed by atoms with Crippen molar-refractivity contribution >= 4 is 17.6 Å². The Hall–Kier alpha value is -1.13. The van der Waals surface area contributed by atoms with Crippen LogP contribution in [0.4, 0.5) is 4.39 Å². The number of carbonyl (C=O) groups is 1. The normalized spacial score (nSPS) is 12.3. The number of rotatable bonds is 2. The van der Waals surface area contributed by atoms with Gasteiger partial charge in [0.15, 0.2) is 6.10 Å². The summed E-state index contributed by atoms with van der Waals surface area (Å²) in [6.07, 6.45) is -1.65. The van der Waals surface area contributed by atoms with Crippen LogP contribution in [0.25, 0.3) is 0 Å². The molecule has 0 aliphatic rings. The van der Waals surface area contributed by atoms with Crippen LogP contribution < -0.4 is 0 Å². The van der Waals surface area contributed by atoms with Gasteiger partial charge in [-0.05, 0) is 24.6 Å². The predicted molar refractivity (Wildman–Crippen MR) is 53.1 cm³/mol. The van der Waals surface area contributed by atoms with E-state index in [-0.39, 0.29) is 10.6 Å². The Labute approximate surface area is 91.4 Å². The zero-order valence-corrected chi connectivity index (χ0v) is 9.01. The maximum absolute atomic E-state index is 13.4. The number of halogens is 2. The maximum Gasteiger partial charge on any atom is 0.339 e. The van der Waals surface area contributed by atoms with Gasteiger partial charge >= 0.3 is 5.97 Å². The number of aliphatic hydroxyl groups excluding tert-OH is 1. The highest BCUT2D eigenvalue weighted by atomic mass is 35.5. The Morgan fingerprint density at radius 3 is 2.73 bits per heavy atom. The van der Waals surface area contributed by atoms with Gasteiger partial charge in [0.25, 0.3) is 0 Å².